The van der Waals surface area contributed by atoms with Crippen LogP contribution in [0.25, 0.3) is 0 Å². The molecule has 6 heteroatoms. The van der Waals surface area contributed by atoms with Crippen LogP contribution in [0.15, 0.2) is 24.3 Å². The maximum absolute atomic E-state index is 10.9. The van der Waals surface area contributed by atoms with Crippen molar-refractivity contribution in [3.05, 3.63) is 29.8 Å². The Balaban J connectivity index is 3.01. The molecule has 1 rings (SSSR count). The first-order valence-corrected chi connectivity index (χ1v) is 5.58. The maximum Gasteiger partial charge on any atom is 0.346 e. The third kappa shape index (κ3) is 2.56. The highest BCUT2D eigenvalue weighted by atomic mass is 31.2. The number of hydrogen-bond acceptors (Lipinski definition) is 3. The second kappa shape index (κ2) is 4.11. The van der Waals surface area contributed by atoms with E-state index in [-0.39, 0.29) is 0 Å². The molecule has 78 valence electrons. The van der Waals surface area contributed by atoms with E-state index >= 15 is 0 Å². The molecule has 0 spiro atoms. The minimum Gasteiger partial charge on any atom is -0.497 e. The van der Waals surface area contributed by atoms with Crippen molar-refractivity contribution in [1.82, 2.24) is 0 Å². The molecule has 0 aliphatic carbocycles. The van der Waals surface area contributed by atoms with Crippen LogP contribution in [-0.4, -0.2) is 16.9 Å². The van der Waals surface area contributed by atoms with Gasteiger partial charge in [0.05, 0.1) is 7.11 Å². The first-order chi connectivity index (χ1) is 6.45. The third-order valence-electron chi connectivity index (χ3n) is 1.80. The smallest absolute Gasteiger partial charge is 0.346 e. The van der Waals surface area contributed by atoms with Gasteiger partial charge < -0.3 is 20.3 Å². The Bertz CT molecular complexity index is 362. The second-order valence-corrected chi connectivity index (χ2v) is 4.55. The van der Waals surface area contributed by atoms with E-state index in [1.54, 1.807) is 18.2 Å². The van der Waals surface area contributed by atoms with Gasteiger partial charge in [0.2, 0.25) is 0 Å². The van der Waals surface area contributed by atoms with Crippen LogP contribution in [0.2, 0.25) is 0 Å². The zero-order chi connectivity index (χ0) is 10.8. The van der Waals surface area contributed by atoms with Crippen molar-refractivity contribution in [2.75, 3.05) is 7.11 Å². The van der Waals surface area contributed by atoms with E-state index < -0.39 is 13.4 Å². The summed E-state index contributed by atoms with van der Waals surface area (Å²) in [5.74, 6) is -0.774. The van der Waals surface area contributed by atoms with Crippen molar-refractivity contribution in [3.63, 3.8) is 0 Å². The molecule has 0 unspecified atom stereocenters. The summed E-state index contributed by atoms with van der Waals surface area (Å²) < 4.78 is 15.8. The summed E-state index contributed by atoms with van der Waals surface area (Å²) in [6.07, 6.45) is 0. The summed E-state index contributed by atoms with van der Waals surface area (Å²) in [6.45, 7) is 0. The van der Waals surface area contributed by atoms with Gasteiger partial charge in [0.15, 0.2) is 0 Å². The highest BCUT2D eigenvalue weighted by molar-refractivity contribution is 7.52. The molecule has 5 nitrogen and oxygen atoms in total. The van der Waals surface area contributed by atoms with Crippen LogP contribution < -0.4 is 10.5 Å². The zero-order valence-corrected chi connectivity index (χ0v) is 8.52. The van der Waals surface area contributed by atoms with E-state index in [0.29, 0.717) is 11.3 Å². The van der Waals surface area contributed by atoms with Crippen molar-refractivity contribution in [2.24, 2.45) is 5.73 Å². The molecular weight excluding hydrogens is 205 g/mol. The van der Waals surface area contributed by atoms with E-state index in [2.05, 4.69) is 0 Å². The van der Waals surface area contributed by atoms with Crippen molar-refractivity contribution >= 4 is 7.60 Å². The standard InChI is InChI=1S/C8H12NO4P/c1-13-7-4-2-3-6(5-7)8(9)14(10,11)12/h2-5,8H,9H2,1H3,(H2,10,11,12)/t8-/m0/s1. The lowest BCUT2D eigenvalue weighted by Gasteiger charge is -2.14. The highest BCUT2D eigenvalue weighted by Gasteiger charge is 2.26. The molecule has 1 aromatic rings. The van der Waals surface area contributed by atoms with Gasteiger partial charge in [-0.2, -0.15) is 0 Å². The molecule has 0 bridgehead atoms. The van der Waals surface area contributed by atoms with Crippen LogP contribution >= 0.6 is 7.60 Å². The summed E-state index contributed by atoms with van der Waals surface area (Å²) in [7, 11) is -2.81. The van der Waals surface area contributed by atoms with Crippen molar-refractivity contribution in [2.45, 2.75) is 5.78 Å². The number of nitrogens with two attached hydrogens (primary N) is 1. The molecule has 0 aromatic heterocycles. The van der Waals surface area contributed by atoms with Gasteiger partial charge in [0.1, 0.15) is 11.5 Å². The fraction of sp³-hybridized carbons (Fsp3) is 0.250. The molecule has 0 heterocycles. The van der Waals surface area contributed by atoms with E-state index in [0.717, 1.165) is 0 Å². The number of methoxy groups -OCH3 is 1. The molecular formula is C8H12NO4P. The lowest BCUT2D eigenvalue weighted by molar-refractivity contribution is 0.359. The molecule has 1 aromatic carbocycles. The Labute approximate surface area is 81.7 Å². The first-order valence-electron chi connectivity index (χ1n) is 3.90. The van der Waals surface area contributed by atoms with E-state index in [4.69, 9.17) is 20.3 Å². The Morgan fingerprint density at radius 1 is 1.50 bits per heavy atom. The molecule has 0 radical (unpaired) electrons. The fourth-order valence-electron chi connectivity index (χ4n) is 1.02. The van der Waals surface area contributed by atoms with Gasteiger partial charge in [-0.05, 0) is 17.7 Å². The topological polar surface area (TPSA) is 92.8 Å². The number of benzene rings is 1. The van der Waals surface area contributed by atoms with Crippen molar-refractivity contribution in [1.29, 1.82) is 0 Å². The van der Waals surface area contributed by atoms with Gasteiger partial charge in [-0.25, -0.2) is 0 Å². The second-order valence-electron chi connectivity index (χ2n) is 2.81. The van der Waals surface area contributed by atoms with Crippen LogP contribution in [0, 0.1) is 0 Å². The molecule has 0 saturated carbocycles. The summed E-state index contributed by atoms with van der Waals surface area (Å²) >= 11 is 0. The molecule has 0 saturated heterocycles. The molecule has 1 atom stereocenters. The Morgan fingerprint density at radius 3 is 2.64 bits per heavy atom. The lowest BCUT2D eigenvalue weighted by atomic mass is 10.2. The third-order valence-corrected chi connectivity index (χ3v) is 2.82. The predicted molar refractivity (Wildman–Crippen MR) is 52.0 cm³/mol. The Kier molecular flexibility index (Phi) is 3.29. The molecule has 14 heavy (non-hydrogen) atoms. The van der Waals surface area contributed by atoms with E-state index in [1.165, 1.54) is 13.2 Å². The number of hydrogen-bond donors (Lipinski definition) is 3. The SMILES string of the molecule is COc1cccc([C@@H](N)P(=O)(O)O)c1. The van der Waals surface area contributed by atoms with Gasteiger partial charge in [-0.3, -0.25) is 4.57 Å². The molecule has 0 amide bonds. The fourth-order valence-corrected chi connectivity index (χ4v) is 1.57. The van der Waals surface area contributed by atoms with Gasteiger partial charge in [0, 0.05) is 0 Å². The summed E-state index contributed by atoms with van der Waals surface area (Å²) in [5, 5.41) is 0. The summed E-state index contributed by atoms with van der Waals surface area (Å²) in [4.78, 5) is 17.7. The minimum absolute atomic E-state index is 0.359. The highest BCUT2D eigenvalue weighted by Crippen LogP contribution is 2.48. The largest absolute Gasteiger partial charge is 0.497 e. The molecule has 4 N–H and O–H groups in total. The van der Waals surface area contributed by atoms with Gasteiger partial charge >= 0.3 is 7.60 Å². The molecule has 0 aliphatic rings. The Morgan fingerprint density at radius 2 is 2.14 bits per heavy atom. The van der Waals surface area contributed by atoms with Gasteiger partial charge in [-0.1, -0.05) is 12.1 Å². The van der Waals surface area contributed by atoms with Crippen LogP contribution in [-0.2, 0) is 4.57 Å². The van der Waals surface area contributed by atoms with Crippen molar-refractivity contribution < 1.29 is 19.1 Å². The molecule has 0 fully saturated rings. The number of ether oxygens (including phenoxy) is 1. The average Bonchev–Trinajstić information content (AvgIpc) is 2.15. The van der Waals surface area contributed by atoms with Gasteiger partial charge in [-0.15, -0.1) is 0 Å². The van der Waals surface area contributed by atoms with E-state index in [9.17, 15) is 4.57 Å². The maximum atomic E-state index is 10.9. The first kappa shape index (κ1) is 11.2. The van der Waals surface area contributed by atoms with Crippen LogP contribution in [0.3, 0.4) is 0 Å². The number of rotatable bonds is 3. The Hall–Kier alpha value is -0.870. The average molecular weight is 217 g/mol. The predicted octanol–water partition coefficient (Wildman–Crippen LogP) is 0.830. The quantitative estimate of drug-likeness (QED) is 0.652. The van der Waals surface area contributed by atoms with Gasteiger partial charge in [0.25, 0.3) is 0 Å². The van der Waals surface area contributed by atoms with Crippen molar-refractivity contribution in [3.8, 4) is 5.75 Å². The van der Waals surface area contributed by atoms with Crippen LogP contribution in [0.4, 0.5) is 0 Å². The summed E-state index contributed by atoms with van der Waals surface area (Å²) in [6, 6.07) is 6.36. The van der Waals surface area contributed by atoms with Crippen LogP contribution in [0.5, 0.6) is 5.75 Å². The summed E-state index contributed by atoms with van der Waals surface area (Å²) in [5.41, 5.74) is 5.74. The normalized spacial score (nSPS) is 13.7. The zero-order valence-electron chi connectivity index (χ0n) is 7.62. The van der Waals surface area contributed by atoms with Crippen LogP contribution in [0.1, 0.15) is 11.3 Å². The molecule has 0 aliphatic heterocycles. The minimum atomic E-state index is -4.29. The lowest BCUT2D eigenvalue weighted by Crippen LogP contribution is -2.10. The van der Waals surface area contributed by atoms with E-state index in [1.807, 2.05) is 0 Å². The monoisotopic (exact) mass is 217 g/mol.